The van der Waals surface area contributed by atoms with Crippen LogP contribution in [0.1, 0.15) is 42.6 Å². The zero-order chi connectivity index (χ0) is 13.3. The third kappa shape index (κ3) is 1.70. The molecule has 1 aliphatic carbocycles. The number of carbonyl (C=O) groups excluding carboxylic acids is 1. The highest BCUT2D eigenvalue weighted by molar-refractivity contribution is 6.22. The minimum Gasteiger partial charge on any atom is -0.497 e. The van der Waals surface area contributed by atoms with E-state index in [4.69, 9.17) is 9.47 Å². The highest BCUT2D eigenvalue weighted by Gasteiger charge is 2.31. The summed E-state index contributed by atoms with van der Waals surface area (Å²) >= 11 is 0. The molecule has 0 heterocycles. The largest absolute Gasteiger partial charge is 0.497 e. The van der Waals surface area contributed by atoms with E-state index in [1.807, 2.05) is 13.0 Å². The van der Waals surface area contributed by atoms with Gasteiger partial charge in [0.2, 0.25) is 0 Å². The molecule has 1 aliphatic rings. The lowest BCUT2D eigenvalue weighted by atomic mass is 10.0. The molecule has 3 heteroatoms. The molecular weight excluding hydrogens is 228 g/mol. The van der Waals surface area contributed by atoms with E-state index in [0.717, 1.165) is 35.3 Å². The van der Waals surface area contributed by atoms with Gasteiger partial charge in [-0.3, -0.25) is 4.79 Å². The van der Waals surface area contributed by atoms with Gasteiger partial charge in [-0.15, -0.1) is 0 Å². The Morgan fingerprint density at radius 1 is 1.00 bits per heavy atom. The van der Waals surface area contributed by atoms with Crippen molar-refractivity contribution in [3.05, 3.63) is 28.8 Å². The van der Waals surface area contributed by atoms with Gasteiger partial charge >= 0.3 is 0 Å². The number of hydrogen-bond acceptors (Lipinski definition) is 3. The summed E-state index contributed by atoms with van der Waals surface area (Å²) in [5.41, 5.74) is 3.68. The molecule has 1 aromatic carbocycles. The van der Waals surface area contributed by atoms with E-state index >= 15 is 0 Å². The fourth-order valence-corrected chi connectivity index (χ4v) is 2.57. The van der Waals surface area contributed by atoms with Crippen LogP contribution in [0.25, 0.3) is 5.57 Å². The number of methoxy groups -OCH3 is 2. The molecule has 0 aliphatic heterocycles. The summed E-state index contributed by atoms with van der Waals surface area (Å²) in [6.45, 7) is 4.08. The number of Topliss-reactive ketones (excluding diaryl/α,β-unsaturated/α-hetero) is 1. The third-order valence-electron chi connectivity index (χ3n) is 3.43. The van der Waals surface area contributed by atoms with Crippen molar-refractivity contribution in [1.29, 1.82) is 0 Å². The minimum absolute atomic E-state index is 0.101. The van der Waals surface area contributed by atoms with Gasteiger partial charge in [0.25, 0.3) is 0 Å². The Hall–Kier alpha value is -1.77. The van der Waals surface area contributed by atoms with Gasteiger partial charge in [-0.05, 0) is 30.0 Å². The number of rotatable bonds is 4. The summed E-state index contributed by atoms with van der Waals surface area (Å²) in [6.07, 6.45) is 1.60. The van der Waals surface area contributed by atoms with Crippen LogP contribution in [-0.4, -0.2) is 20.0 Å². The first-order chi connectivity index (χ1) is 8.67. The number of allylic oxidation sites excluding steroid dienone is 2. The summed E-state index contributed by atoms with van der Waals surface area (Å²) in [7, 11) is 3.20. The number of ether oxygens (including phenoxy) is 2. The lowest BCUT2D eigenvalue weighted by molar-refractivity contribution is 0.103. The third-order valence-corrected chi connectivity index (χ3v) is 3.43. The van der Waals surface area contributed by atoms with Crippen molar-refractivity contribution in [3.8, 4) is 11.5 Å². The molecule has 0 aromatic heterocycles. The van der Waals surface area contributed by atoms with E-state index < -0.39 is 0 Å². The molecule has 18 heavy (non-hydrogen) atoms. The quantitative estimate of drug-likeness (QED) is 0.816. The summed E-state index contributed by atoms with van der Waals surface area (Å²) in [5, 5.41) is 0. The number of fused-ring (bicyclic) bond motifs is 1. The predicted octanol–water partition coefficient (Wildman–Crippen LogP) is 3.47. The highest BCUT2D eigenvalue weighted by atomic mass is 16.5. The van der Waals surface area contributed by atoms with Crippen LogP contribution in [0, 0.1) is 0 Å². The predicted molar refractivity (Wildman–Crippen MR) is 71.4 cm³/mol. The van der Waals surface area contributed by atoms with Crippen LogP contribution in [0.3, 0.4) is 0 Å². The Morgan fingerprint density at radius 3 is 2.17 bits per heavy atom. The highest BCUT2D eigenvalue weighted by Crippen LogP contribution is 2.42. The van der Waals surface area contributed by atoms with Crippen molar-refractivity contribution in [3.63, 3.8) is 0 Å². The Labute approximate surface area is 107 Å². The van der Waals surface area contributed by atoms with Gasteiger partial charge in [-0.2, -0.15) is 0 Å². The fraction of sp³-hybridized carbons (Fsp3) is 0.400. The molecule has 0 bridgehead atoms. The van der Waals surface area contributed by atoms with Crippen molar-refractivity contribution >= 4 is 11.4 Å². The van der Waals surface area contributed by atoms with Crippen molar-refractivity contribution in [2.24, 2.45) is 0 Å². The van der Waals surface area contributed by atoms with Crippen molar-refractivity contribution < 1.29 is 14.3 Å². The summed E-state index contributed by atoms with van der Waals surface area (Å²) in [4.78, 5) is 12.4. The normalized spacial score (nSPS) is 13.9. The zero-order valence-electron chi connectivity index (χ0n) is 11.3. The molecule has 0 amide bonds. The standard InChI is InChI=1S/C15H18O3/c1-5-10-11(6-2)15(16)14-12(10)7-9(17-3)8-13(14)18-4/h7-8H,5-6H2,1-4H3. The smallest absolute Gasteiger partial charge is 0.193 e. The van der Waals surface area contributed by atoms with Gasteiger partial charge < -0.3 is 9.47 Å². The Bertz CT molecular complexity index is 527. The first-order valence-corrected chi connectivity index (χ1v) is 6.20. The number of ketones is 1. The Kier molecular flexibility index (Phi) is 3.41. The molecular formula is C15H18O3. The first-order valence-electron chi connectivity index (χ1n) is 6.20. The molecule has 0 atom stereocenters. The minimum atomic E-state index is 0.101. The lowest BCUT2D eigenvalue weighted by Crippen LogP contribution is -2.01. The van der Waals surface area contributed by atoms with E-state index in [1.165, 1.54) is 0 Å². The topological polar surface area (TPSA) is 35.5 Å². The molecule has 0 spiro atoms. The fourth-order valence-electron chi connectivity index (χ4n) is 2.57. The van der Waals surface area contributed by atoms with Gasteiger partial charge in [0.15, 0.2) is 5.78 Å². The van der Waals surface area contributed by atoms with Crippen LogP contribution in [0.15, 0.2) is 17.7 Å². The summed E-state index contributed by atoms with van der Waals surface area (Å²) < 4.78 is 10.6. The number of hydrogen-bond donors (Lipinski definition) is 0. The number of benzene rings is 1. The summed E-state index contributed by atoms with van der Waals surface area (Å²) in [6, 6.07) is 3.69. The zero-order valence-corrected chi connectivity index (χ0v) is 11.3. The maximum atomic E-state index is 12.4. The van der Waals surface area contributed by atoms with E-state index in [1.54, 1.807) is 20.3 Å². The van der Waals surface area contributed by atoms with Crippen LogP contribution < -0.4 is 9.47 Å². The van der Waals surface area contributed by atoms with Crippen molar-refractivity contribution in [2.75, 3.05) is 14.2 Å². The second-order valence-corrected chi connectivity index (χ2v) is 4.25. The maximum absolute atomic E-state index is 12.4. The molecule has 0 saturated carbocycles. The Balaban J connectivity index is 2.70. The maximum Gasteiger partial charge on any atom is 0.193 e. The van der Waals surface area contributed by atoms with Crippen LogP contribution >= 0.6 is 0 Å². The molecule has 3 nitrogen and oxygen atoms in total. The number of carbonyl (C=O) groups is 1. The molecule has 2 rings (SSSR count). The lowest BCUT2D eigenvalue weighted by Gasteiger charge is -2.10. The molecule has 0 saturated heterocycles. The van der Waals surface area contributed by atoms with Crippen LogP contribution in [0.5, 0.6) is 11.5 Å². The van der Waals surface area contributed by atoms with Crippen molar-refractivity contribution in [2.45, 2.75) is 26.7 Å². The summed E-state index contributed by atoms with van der Waals surface area (Å²) in [5.74, 6) is 1.43. The average Bonchev–Trinajstić information content (AvgIpc) is 2.69. The van der Waals surface area contributed by atoms with Crippen LogP contribution in [0.2, 0.25) is 0 Å². The van der Waals surface area contributed by atoms with Gasteiger partial charge in [0.1, 0.15) is 11.5 Å². The second kappa shape index (κ2) is 4.84. The van der Waals surface area contributed by atoms with Crippen LogP contribution in [-0.2, 0) is 0 Å². The monoisotopic (exact) mass is 246 g/mol. The van der Waals surface area contributed by atoms with Gasteiger partial charge in [0.05, 0.1) is 19.8 Å². The van der Waals surface area contributed by atoms with Gasteiger partial charge in [-0.1, -0.05) is 13.8 Å². The van der Waals surface area contributed by atoms with Gasteiger partial charge in [-0.25, -0.2) is 0 Å². The first kappa shape index (κ1) is 12.7. The molecule has 0 fully saturated rings. The van der Waals surface area contributed by atoms with E-state index in [9.17, 15) is 4.79 Å². The molecule has 0 radical (unpaired) electrons. The van der Waals surface area contributed by atoms with E-state index in [2.05, 4.69) is 6.92 Å². The molecule has 0 unspecified atom stereocenters. The molecule has 0 N–H and O–H groups in total. The van der Waals surface area contributed by atoms with Crippen molar-refractivity contribution in [1.82, 2.24) is 0 Å². The van der Waals surface area contributed by atoms with E-state index in [-0.39, 0.29) is 5.78 Å². The Morgan fingerprint density at radius 2 is 1.67 bits per heavy atom. The SMILES string of the molecule is CCC1=C(CC)c2cc(OC)cc(OC)c2C1=O. The average molecular weight is 246 g/mol. The second-order valence-electron chi connectivity index (χ2n) is 4.25. The van der Waals surface area contributed by atoms with E-state index in [0.29, 0.717) is 11.3 Å². The molecule has 1 aromatic rings. The molecule has 96 valence electrons. The van der Waals surface area contributed by atoms with Gasteiger partial charge in [0, 0.05) is 11.6 Å². The van der Waals surface area contributed by atoms with Crippen LogP contribution in [0.4, 0.5) is 0 Å².